The second kappa shape index (κ2) is 6.16. The molecule has 2 saturated heterocycles. The van der Waals surface area contributed by atoms with E-state index in [0.29, 0.717) is 12.1 Å². The molecule has 0 N–H and O–H groups in total. The maximum Gasteiger partial charge on any atom is 0.410 e. The lowest BCUT2D eigenvalue weighted by Crippen LogP contribution is -2.65. The van der Waals surface area contributed by atoms with Crippen molar-refractivity contribution in [2.24, 2.45) is 5.92 Å². The lowest BCUT2D eigenvalue weighted by Gasteiger charge is -2.55. The number of rotatable bonds is 2. The summed E-state index contributed by atoms with van der Waals surface area (Å²) in [7, 11) is 0. The van der Waals surface area contributed by atoms with E-state index in [9.17, 15) is 4.79 Å². The van der Waals surface area contributed by atoms with E-state index in [-0.39, 0.29) is 6.09 Å². The second-order valence-corrected chi connectivity index (χ2v) is 7.83. The molecule has 0 aliphatic carbocycles. The maximum absolute atomic E-state index is 12.3. The van der Waals surface area contributed by atoms with Crippen LogP contribution in [0.4, 0.5) is 4.79 Å². The van der Waals surface area contributed by atoms with Gasteiger partial charge in [0.05, 0.1) is 0 Å². The Hall–Kier alpha value is -1.55. The zero-order chi connectivity index (χ0) is 16.6. The first-order chi connectivity index (χ1) is 10.8. The number of hydrogen-bond donors (Lipinski definition) is 0. The van der Waals surface area contributed by atoms with E-state index in [4.69, 9.17) is 4.74 Å². The average molecular weight is 316 g/mol. The molecule has 2 heterocycles. The quantitative estimate of drug-likeness (QED) is 0.834. The fraction of sp³-hybridized carbons (Fsp3) is 0.632. The summed E-state index contributed by atoms with van der Waals surface area (Å²) in [6.45, 7) is 10.8. The zero-order valence-electron chi connectivity index (χ0n) is 14.7. The highest BCUT2D eigenvalue weighted by Gasteiger charge is 2.46. The summed E-state index contributed by atoms with van der Waals surface area (Å²) < 4.78 is 5.53. The standard InChI is InChI=1S/C19H28N2O2/c1-14(15-8-6-5-7-9-15)21-12-16-10-11-20(13-17(16)21)18(22)23-19(2,3)4/h5-9,14,16-17H,10-13H2,1-4H3/t14?,16-,17-/m0/s1. The van der Waals surface area contributed by atoms with Crippen molar-refractivity contribution in [2.45, 2.75) is 51.8 Å². The molecule has 3 rings (SSSR count). The summed E-state index contributed by atoms with van der Waals surface area (Å²) >= 11 is 0. The average Bonchev–Trinajstić information content (AvgIpc) is 2.47. The van der Waals surface area contributed by atoms with E-state index < -0.39 is 5.60 Å². The third-order valence-corrected chi connectivity index (χ3v) is 5.02. The molecule has 1 aromatic carbocycles. The molecule has 4 heteroatoms. The van der Waals surface area contributed by atoms with Crippen LogP contribution < -0.4 is 0 Å². The third-order valence-electron chi connectivity index (χ3n) is 5.02. The minimum Gasteiger partial charge on any atom is -0.444 e. The molecule has 2 aliphatic rings. The van der Waals surface area contributed by atoms with Gasteiger partial charge in [0.1, 0.15) is 5.60 Å². The molecule has 126 valence electrons. The van der Waals surface area contributed by atoms with E-state index in [1.165, 1.54) is 5.56 Å². The number of carbonyl (C=O) groups excluding carboxylic acids is 1. The van der Waals surface area contributed by atoms with Gasteiger partial charge in [-0.25, -0.2) is 4.79 Å². The summed E-state index contributed by atoms with van der Waals surface area (Å²) in [4.78, 5) is 16.7. The molecule has 0 spiro atoms. The number of piperidine rings is 1. The van der Waals surface area contributed by atoms with Crippen molar-refractivity contribution in [3.63, 3.8) is 0 Å². The summed E-state index contributed by atoms with van der Waals surface area (Å²) in [5.41, 5.74) is 0.922. The summed E-state index contributed by atoms with van der Waals surface area (Å²) in [6, 6.07) is 11.5. The van der Waals surface area contributed by atoms with Gasteiger partial charge in [-0.15, -0.1) is 0 Å². The van der Waals surface area contributed by atoms with Crippen molar-refractivity contribution in [2.75, 3.05) is 19.6 Å². The van der Waals surface area contributed by atoms with E-state index >= 15 is 0 Å². The van der Waals surface area contributed by atoms with Gasteiger partial charge in [0.2, 0.25) is 0 Å². The van der Waals surface area contributed by atoms with Crippen LogP contribution in [-0.2, 0) is 4.74 Å². The fourth-order valence-electron chi connectivity index (χ4n) is 3.70. The Bertz CT molecular complexity index is 552. The molecule has 0 saturated carbocycles. The van der Waals surface area contributed by atoms with Gasteiger partial charge < -0.3 is 9.64 Å². The van der Waals surface area contributed by atoms with Gasteiger partial charge in [-0.2, -0.15) is 0 Å². The zero-order valence-corrected chi connectivity index (χ0v) is 14.7. The number of ether oxygens (including phenoxy) is 1. The molecule has 1 amide bonds. The van der Waals surface area contributed by atoms with Crippen molar-refractivity contribution < 1.29 is 9.53 Å². The highest BCUT2D eigenvalue weighted by Crippen LogP contribution is 2.38. The lowest BCUT2D eigenvalue weighted by atomic mass is 9.80. The molecular weight excluding hydrogens is 288 g/mol. The number of hydrogen-bond acceptors (Lipinski definition) is 3. The Kier molecular flexibility index (Phi) is 4.37. The fourth-order valence-corrected chi connectivity index (χ4v) is 3.70. The highest BCUT2D eigenvalue weighted by molar-refractivity contribution is 5.68. The van der Waals surface area contributed by atoms with Gasteiger partial charge in [0, 0.05) is 31.7 Å². The monoisotopic (exact) mass is 316 g/mol. The van der Waals surface area contributed by atoms with Crippen LogP contribution in [0.5, 0.6) is 0 Å². The Morgan fingerprint density at radius 3 is 2.57 bits per heavy atom. The molecule has 0 radical (unpaired) electrons. The number of likely N-dealkylation sites (tertiary alicyclic amines) is 2. The van der Waals surface area contributed by atoms with E-state index in [1.54, 1.807) is 0 Å². The van der Waals surface area contributed by atoms with Crippen molar-refractivity contribution in [1.82, 2.24) is 9.80 Å². The first kappa shape index (κ1) is 16.3. The van der Waals surface area contributed by atoms with Crippen LogP contribution in [0.15, 0.2) is 30.3 Å². The molecule has 2 aliphatic heterocycles. The van der Waals surface area contributed by atoms with Crippen molar-refractivity contribution in [1.29, 1.82) is 0 Å². The number of nitrogens with zero attached hydrogens (tertiary/aromatic N) is 2. The molecule has 1 aromatic rings. The molecule has 0 bridgehead atoms. The molecular formula is C19H28N2O2. The van der Waals surface area contributed by atoms with Crippen LogP contribution in [0.3, 0.4) is 0 Å². The van der Waals surface area contributed by atoms with E-state index in [0.717, 1.165) is 32.0 Å². The molecule has 4 nitrogen and oxygen atoms in total. The van der Waals surface area contributed by atoms with Crippen LogP contribution in [0, 0.1) is 5.92 Å². The van der Waals surface area contributed by atoms with E-state index in [2.05, 4.69) is 42.2 Å². The van der Waals surface area contributed by atoms with Gasteiger partial charge in [0.15, 0.2) is 0 Å². The largest absolute Gasteiger partial charge is 0.444 e. The smallest absolute Gasteiger partial charge is 0.410 e. The summed E-state index contributed by atoms with van der Waals surface area (Å²) in [5, 5.41) is 0. The number of amides is 1. The third kappa shape index (κ3) is 3.52. The number of fused-ring (bicyclic) bond motifs is 1. The van der Waals surface area contributed by atoms with Crippen molar-refractivity contribution in [3.8, 4) is 0 Å². The van der Waals surface area contributed by atoms with Gasteiger partial charge in [-0.3, -0.25) is 4.90 Å². The lowest BCUT2D eigenvalue weighted by molar-refractivity contribution is -0.0706. The predicted octanol–water partition coefficient (Wildman–Crippen LogP) is 3.69. The van der Waals surface area contributed by atoms with Gasteiger partial charge in [-0.05, 0) is 45.6 Å². The second-order valence-electron chi connectivity index (χ2n) is 7.83. The van der Waals surface area contributed by atoms with Gasteiger partial charge in [-0.1, -0.05) is 30.3 Å². The van der Waals surface area contributed by atoms with Crippen LogP contribution in [-0.4, -0.2) is 47.2 Å². The van der Waals surface area contributed by atoms with Gasteiger partial charge in [0.25, 0.3) is 0 Å². The van der Waals surface area contributed by atoms with Crippen molar-refractivity contribution >= 4 is 6.09 Å². The first-order valence-corrected chi connectivity index (χ1v) is 8.64. The molecule has 2 fully saturated rings. The molecule has 0 aromatic heterocycles. The Morgan fingerprint density at radius 2 is 1.91 bits per heavy atom. The highest BCUT2D eigenvalue weighted by atomic mass is 16.6. The van der Waals surface area contributed by atoms with Crippen LogP contribution in [0.1, 0.15) is 45.7 Å². The summed E-state index contributed by atoms with van der Waals surface area (Å²) in [5.74, 6) is 0.722. The number of carbonyl (C=O) groups is 1. The molecule has 23 heavy (non-hydrogen) atoms. The maximum atomic E-state index is 12.3. The van der Waals surface area contributed by atoms with Crippen molar-refractivity contribution in [3.05, 3.63) is 35.9 Å². The topological polar surface area (TPSA) is 32.8 Å². The Morgan fingerprint density at radius 1 is 1.22 bits per heavy atom. The number of benzene rings is 1. The van der Waals surface area contributed by atoms with Crippen LogP contribution in [0.25, 0.3) is 0 Å². The SMILES string of the molecule is CC(c1ccccc1)N1C[C@@H]2CCN(C(=O)OC(C)(C)C)C[C@@H]21. The van der Waals surface area contributed by atoms with Gasteiger partial charge >= 0.3 is 6.09 Å². The predicted molar refractivity (Wildman–Crippen MR) is 91.3 cm³/mol. The Labute approximate surface area is 139 Å². The van der Waals surface area contributed by atoms with Crippen LogP contribution in [0.2, 0.25) is 0 Å². The molecule has 1 unspecified atom stereocenters. The van der Waals surface area contributed by atoms with E-state index in [1.807, 2.05) is 25.7 Å². The minimum atomic E-state index is -0.426. The Balaban J connectivity index is 1.63. The minimum absolute atomic E-state index is 0.171. The summed E-state index contributed by atoms with van der Waals surface area (Å²) in [6.07, 6.45) is 0.914. The normalized spacial score (nSPS) is 26.2. The first-order valence-electron chi connectivity index (χ1n) is 8.64. The molecule has 3 atom stereocenters. The van der Waals surface area contributed by atoms with Crippen LogP contribution >= 0.6 is 0 Å².